The molecule has 0 spiro atoms. The SMILES string of the molecule is O=C(O)[C@H]1C[C@H]2CN(C(=O)OCc3ccccc3)C[C@H]21. The average Bonchev–Trinajstić information content (AvgIpc) is 2.74. The molecule has 1 aromatic rings. The quantitative estimate of drug-likeness (QED) is 0.916. The second-order valence-electron chi connectivity index (χ2n) is 5.55. The van der Waals surface area contributed by atoms with Crippen LogP contribution in [0.4, 0.5) is 4.79 Å². The number of hydrogen-bond donors (Lipinski definition) is 1. The number of rotatable bonds is 3. The Morgan fingerprint density at radius 3 is 2.70 bits per heavy atom. The first-order valence-electron chi connectivity index (χ1n) is 6.83. The number of aliphatic carboxylic acids is 1. The minimum absolute atomic E-state index is 0.108. The summed E-state index contributed by atoms with van der Waals surface area (Å²) < 4.78 is 5.27. The highest BCUT2D eigenvalue weighted by molar-refractivity contribution is 5.73. The maximum absolute atomic E-state index is 12.0. The van der Waals surface area contributed by atoms with Crippen molar-refractivity contribution >= 4 is 12.1 Å². The molecule has 1 amide bonds. The van der Waals surface area contributed by atoms with E-state index in [1.807, 2.05) is 30.3 Å². The van der Waals surface area contributed by atoms with Gasteiger partial charge in [0.25, 0.3) is 0 Å². The van der Waals surface area contributed by atoms with Crippen LogP contribution in [0.1, 0.15) is 12.0 Å². The molecule has 1 N–H and O–H groups in total. The molecule has 3 atom stereocenters. The lowest BCUT2D eigenvalue weighted by atomic mass is 9.67. The number of amides is 1. The van der Waals surface area contributed by atoms with E-state index in [2.05, 4.69) is 0 Å². The van der Waals surface area contributed by atoms with Crippen molar-refractivity contribution in [2.24, 2.45) is 17.8 Å². The van der Waals surface area contributed by atoms with Gasteiger partial charge >= 0.3 is 12.1 Å². The number of carboxylic acids is 1. The van der Waals surface area contributed by atoms with Gasteiger partial charge in [-0.2, -0.15) is 0 Å². The lowest BCUT2D eigenvalue weighted by Gasteiger charge is -2.35. The van der Waals surface area contributed by atoms with E-state index < -0.39 is 5.97 Å². The van der Waals surface area contributed by atoms with Gasteiger partial charge in [0.15, 0.2) is 0 Å². The van der Waals surface area contributed by atoms with E-state index in [4.69, 9.17) is 9.84 Å². The molecule has 5 heteroatoms. The number of carbonyl (C=O) groups excluding carboxylic acids is 1. The van der Waals surface area contributed by atoms with Crippen LogP contribution in [-0.4, -0.2) is 35.2 Å². The third-order valence-corrected chi connectivity index (χ3v) is 4.35. The molecule has 1 saturated heterocycles. The number of hydrogen-bond acceptors (Lipinski definition) is 3. The van der Waals surface area contributed by atoms with Crippen LogP contribution < -0.4 is 0 Å². The molecule has 0 radical (unpaired) electrons. The topological polar surface area (TPSA) is 66.8 Å². The molecule has 1 saturated carbocycles. The van der Waals surface area contributed by atoms with Crippen LogP contribution in [0, 0.1) is 17.8 Å². The molecular formula is C15H17NO4. The summed E-state index contributed by atoms with van der Waals surface area (Å²) in [6.07, 6.45) is 0.343. The van der Waals surface area contributed by atoms with Crippen molar-refractivity contribution in [3.8, 4) is 0 Å². The van der Waals surface area contributed by atoms with Crippen LogP contribution in [0.25, 0.3) is 0 Å². The van der Waals surface area contributed by atoms with Crippen LogP contribution in [-0.2, 0) is 16.1 Å². The predicted octanol–water partition coefficient (Wildman–Crippen LogP) is 1.98. The summed E-state index contributed by atoms with van der Waals surface area (Å²) in [6, 6.07) is 9.52. The van der Waals surface area contributed by atoms with Gasteiger partial charge in [0.05, 0.1) is 5.92 Å². The third kappa shape index (κ3) is 2.35. The lowest BCUT2D eigenvalue weighted by molar-refractivity contribution is -0.149. The second kappa shape index (κ2) is 5.15. The summed E-state index contributed by atoms with van der Waals surface area (Å²) in [7, 11) is 0. The summed E-state index contributed by atoms with van der Waals surface area (Å²) in [4.78, 5) is 24.6. The molecule has 106 valence electrons. The molecule has 1 aromatic carbocycles. The number of carboxylic acid groups (broad SMARTS) is 1. The largest absolute Gasteiger partial charge is 0.481 e. The minimum Gasteiger partial charge on any atom is -0.481 e. The number of nitrogens with zero attached hydrogens (tertiary/aromatic N) is 1. The van der Waals surface area contributed by atoms with E-state index in [1.54, 1.807) is 4.90 Å². The molecule has 1 aliphatic heterocycles. The standard InChI is InChI=1S/C15H17NO4/c17-14(18)12-6-11-7-16(8-13(11)12)15(19)20-9-10-4-2-1-3-5-10/h1-5,11-13H,6-9H2,(H,17,18)/t11-,12-,13+/m0/s1. The maximum Gasteiger partial charge on any atom is 0.410 e. The van der Waals surface area contributed by atoms with Crippen molar-refractivity contribution in [1.29, 1.82) is 0 Å². The first-order valence-corrected chi connectivity index (χ1v) is 6.83. The molecule has 5 nitrogen and oxygen atoms in total. The van der Waals surface area contributed by atoms with Gasteiger partial charge in [-0.3, -0.25) is 4.79 Å². The normalized spacial score (nSPS) is 27.6. The Morgan fingerprint density at radius 1 is 1.25 bits per heavy atom. The van der Waals surface area contributed by atoms with Gasteiger partial charge in [-0.15, -0.1) is 0 Å². The van der Waals surface area contributed by atoms with Crippen LogP contribution in [0.2, 0.25) is 0 Å². The molecule has 1 heterocycles. The zero-order valence-corrected chi connectivity index (χ0v) is 11.1. The molecule has 0 bridgehead atoms. The molecule has 0 unspecified atom stereocenters. The van der Waals surface area contributed by atoms with E-state index in [0.717, 1.165) is 5.56 Å². The van der Waals surface area contributed by atoms with Crippen molar-refractivity contribution in [1.82, 2.24) is 4.90 Å². The van der Waals surface area contributed by atoms with Crippen molar-refractivity contribution in [2.45, 2.75) is 13.0 Å². The summed E-state index contributed by atoms with van der Waals surface area (Å²) in [6.45, 7) is 1.39. The van der Waals surface area contributed by atoms with Gasteiger partial charge in [-0.1, -0.05) is 30.3 Å². The van der Waals surface area contributed by atoms with Gasteiger partial charge in [0.2, 0.25) is 0 Å². The Labute approximate surface area is 117 Å². The zero-order chi connectivity index (χ0) is 14.1. The minimum atomic E-state index is -0.745. The zero-order valence-electron chi connectivity index (χ0n) is 11.1. The molecule has 1 aliphatic carbocycles. The van der Waals surface area contributed by atoms with Gasteiger partial charge in [0.1, 0.15) is 6.61 Å². The summed E-state index contributed by atoms with van der Waals surface area (Å²) in [5, 5.41) is 9.02. The Bertz CT molecular complexity index is 516. The second-order valence-corrected chi connectivity index (χ2v) is 5.55. The number of benzene rings is 1. The molecular weight excluding hydrogens is 258 g/mol. The van der Waals surface area contributed by atoms with Gasteiger partial charge < -0.3 is 14.7 Å². The molecule has 0 aromatic heterocycles. The van der Waals surface area contributed by atoms with E-state index in [9.17, 15) is 9.59 Å². The lowest BCUT2D eigenvalue weighted by Crippen LogP contribution is -2.40. The fraction of sp³-hybridized carbons (Fsp3) is 0.467. The van der Waals surface area contributed by atoms with Crippen LogP contribution in [0.15, 0.2) is 30.3 Å². The molecule has 3 rings (SSSR count). The van der Waals surface area contributed by atoms with Gasteiger partial charge in [-0.25, -0.2) is 4.79 Å². The predicted molar refractivity (Wildman–Crippen MR) is 70.9 cm³/mol. The number of fused-ring (bicyclic) bond motifs is 1. The number of ether oxygens (including phenoxy) is 1. The molecule has 20 heavy (non-hydrogen) atoms. The third-order valence-electron chi connectivity index (χ3n) is 4.35. The summed E-state index contributed by atoms with van der Waals surface area (Å²) in [5.41, 5.74) is 0.950. The number of likely N-dealkylation sites (tertiary alicyclic amines) is 1. The first kappa shape index (κ1) is 13.0. The van der Waals surface area contributed by atoms with E-state index in [0.29, 0.717) is 25.4 Å². The van der Waals surface area contributed by atoms with E-state index in [-0.39, 0.29) is 24.5 Å². The fourth-order valence-corrected chi connectivity index (χ4v) is 3.15. The highest BCUT2D eigenvalue weighted by Crippen LogP contribution is 2.45. The van der Waals surface area contributed by atoms with E-state index in [1.165, 1.54) is 0 Å². The Kier molecular flexibility index (Phi) is 3.34. The molecule has 2 fully saturated rings. The van der Waals surface area contributed by atoms with Gasteiger partial charge in [0, 0.05) is 13.1 Å². The van der Waals surface area contributed by atoms with Crippen LogP contribution in [0.5, 0.6) is 0 Å². The highest BCUT2D eigenvalue weighted by Gasteiger charge is 2.51. The summed E-state index contributed by atoms with van der Waals surface area (Å²) >= 11 is 0. The maximum atomic E-state index is 12.0. The van der Waals surface area contributed by atoms with Crippen molar-refractivity contribution in [2.75, 3.05) is 13.1 Å². The highest BCUT2D eigenvalue weighted by atomic mass is 16.6. The smallest absolute Gasteiger partial charge is 0.410 e. The van der Waals surface area contributed by atoms with Crippen molar-refractivity contribution in [3.05, 3.63) is 35.9 Å². The Balaban J connectivity index is 1.51. The van der Waals surface area contributed by atoms with E-state index >= 15 is 0 Å². The number of carbonyl (C=O) groups is 2. The summed E-state index contributed by atoms with van der Waals surface area (Å²) in [5.74, 6) is -0.588. The first-order chi connectivity index (χ1) is 9.65. The molecule has 2 aliphatic rings. The fourth-order valence-electron chi connectivity index (χ4n) is 3.15. The van der Waals surface area contributed by atoms with Crippen LogP contribution in [0.3, 0.4) is 0 Å². The Hall–Kier alpha value is -2.04. The average molecular weight is 275 g/mol. The monoisotopic (exact) mass is 275 g/mol. The Morgan fingerprint density at radius 2 is 2.00 bits per heavy atom. The van der Waals surface area contributed by atoms with Crippen molar-refractivity contribution in [3.63, 3.8) is 0 Å². The van der Waals surface area contributed by atoms with Crippen molar-refractivity contribution < 1.29 is 19.4 Å². The van der Waals surface area contributed by atoms with Gasteiger partial charge in [-0.05, 0) is 23.8 Å². The van der Waals surface area contributed by atoms with Crippen LogP contribution >= 0.6 is 0 Å².